The fourth-order valence-corrected chi connectivity index (χ4v) is 1.89. The Morgan fingerprint density at radius 1 is 1.10 bits per heavy atom. The van der Waals surface area contributed by atoms with Crippen LogP contribution in [0.3, 0.4) is 0 Å². The van der Waals surface area contributed by atoms with Crippen molar-refractivity contribution in [2.24, 2.45) is 0 Å². The fourth-order valence-electron chi connectivity index (χ4n) is 1.89. The lowest BCUT2D eigenvalue weighted by molar-refractivity contribution is 0.341. The third-order valence-electron chi connectivity index (χ3n) is 2.96. The minimum atomic E-state index is 0.0836. The molecule has 0 bridgehead atoms. The highest BCUT2D eigenvalue weighted by Crippen LogP contribution is 2.26. The fraction of sp³-hybridized carbons (Fsp3) is 0.412. The van der Waals surface area contributed by atoms with Crippen LogP contribution in [0.2, 0.25) is 0 Å². The van der Waals surface area contributed by atoms with Gasteiger partial charge in [0.15, 0.2) is 5.82 Å². The highest BCUT2D eigenvalue weighted by atomic mass is 16.5. The predicted octanol–water partition coefficient (Wildman–Crippen LogP) is 3.43. The van der Waals surface area contributed by atoms with E-state index in [4.69, 9.17) is 4.74 Å². The largest absolute Gasteiger partial charge is 0.493 e. The van der Waals surface area contributed by atoms with Crippen molar-refractivity contribution >= 4 is 0 Å². The number of nitrogens with one attached hydrogen (secondary N) is 1. The smallest absolute Gasteiger partial charge is 0.162 e. The molecule has 1 aromatic carbocycles. The lowest BCUT2D eigenvalue weighted by Gasteiger charge is -2.20. The number of para-hydroxylation sites is 1. The second kappa shape index (κ2) is 6.68. The van der Waals surface area contributed by atoms with Gasteiger partial charge in [-0.05, 0) is 39.8 Å². The lowest BCUT2D eigenvalue weighted by atomic mass is 10.1. The molecule has 112 valence electrons. The van der Waals surface area contributed by atoms with E-state index in [0.717, 1.165) is 23.4 Å². The first-order valence-electron chi connectivity index (χ1n) is 7.28. The van der Waals surface area contributed by atoms with Gasteiger partial charge in [0.25, 0.3) is 0 Å². The summed E-state index contributed by atoms with van der Waals surface area (Å²) in [5.41, 5.74) is 2.08. The molecule has 0 spiro atoms. The van der Waals surface area contributed by atoms with E-state index in [0.29, 0.717) is 12.4 Å². The summed E-state index contributed by atoms with van der Waals surface area (Å²) in [5.74, 6) is 1.51. The maximum atomic E-state index is 5.62. The van der Waals surface area contributed by atoms with Gasteiger partial charge < -0.3 is 10.1 Å². The SMILES string of the molecule is CCOc1ccccc1-c1ncc(CNC(C)(C)C)cn1. The second-order valence-electron chi connectivity index (χ2n) is 5.95. The molecular weight excluding hydrogens is 262 g/mol. The quantitative estimate of drug-likeness (QED) is 0.914. The molecule has 0 aliphatic carbocycles. The first-order chi connectivity index (χ1) is 9.99. The third kappa shape index (κ3) is 4.53. The van der Waals surface area contributed by atoms with Gasteiger partial charge in [0.05, 0.1) is 12.2 Å². The van der Waals surface area contributed by atoms with E-state index in [1.807, 2.05) is 43.6 Å². The summed E-state index contributed by atoms with van der Waals surface area (Å²) in [4.78, 5) is 8.92. The maximum absolute atomic E-state index is 5.62. The van der Waals surface area contributed by atoms with Crippen LogP contribution in [0.15, 0.2) is 36.7 Å². The zero-order valence-corrected chi connectivity index (χ0v) is 13.2. The van der Waals surface area contributed by atoms with Crippen molar-refractivity contribution in [2.75, 3.05) is 6.61 Å². The number of benzene rings is 1. The van der Waals surface area contributed by atoms with E-state index in [2.05, 4.69) is 36.1 Å². The zero-order chi connectivity index (χ0) is 15.3. The molecule has 1 N–H and O–H groups in total. The predicted molar refractivity (Wildman–Crippen MR) is 85.2 cm³/mol. The van der Waals surface area contributed by atoms with Gasteiger partial charge >= 0.3 is 0 Å². The Balaban J connectivity index is 2.15. The Kier molecular flexibility index (Phi) is 4.91. The van der Waals surface area contributed by atoms with Gasteiger partial charge in [0.2, 0.25) is 0 Å². The standard InChI is InChI=1S/C17H23N3O/c1-5-21-15-9-7-6-8-14(15)16-18-10-13(11-19-16)12-20-17(2,3)4/h6-11,20H,5,12H2,1-4H3. The second-order valence-corrected chi connectivity index (χ2v) is 5.95. The maximum Gasteiger partial charge on any atom is 0.162 e. The first kappa shape index (κ1) is 15.4. The molecule has 0 aliphatic rings. The van der Waals surface area contributed by atoms with Crippen molar-refractivity contribution in [3.63, 3.8) is 0 Å². The van der Waals surface area contributed by atoms with Crippen LogP contribution >= 0.6 is 0 Å². The molecule has 0 atom stereocenters. The van der Waals surface area contributed by atoms with Crippen molar-refractivity contribution < 1.29 is 4.74 Å². The summed E-state index contributed by atoms with van der Waals surface area (Å²) >= 11 is 0. The molecule has 0 amide bonds. The molecule has 2 aromatic rings. The van der Waals surface area contributed by atoms with Gasteiger partial charge in [-0.1, -0.05) is 12.1 Å². The van der Waals surface area contributed by atoms with E-state index < -0.39 is 0 Å². The summed E-state index contributed by atoms with van der Waals surface area (Å²) in [6.07, 6.45) is 3.73. The molecule has 0 radical (unpaired) electrons. The van der Waals surface area contributed by atoms with Crippen LogP contribution < -0.4 is 10.1 Å². The van der Waals surface area contributed by atoms with Gasteiger partial charge in [0.1, 0.15) is 5.75 Å². The Labute approximate surface area is 126 Å². The highest BCUT2D eigenvalue weighted by molar-refractivity contribution is 5.63. The van der Waals surface area contributed by atoms with Gasteiger partial charge in [-0.3, -0.25) is 0 Å². The van der Waals surface area contributed by atoms with Crippen LogP contribution in [0.5, 0.6) is 5.75 Å². The number of nitrogens with zero attached hydrogens (tertiary/aromatic N) is 2. The summed E-state index contributed by atoms with van der Waals surface area (Å²) in [6, 6.07) is 7.84. The molecule has 21 heavy (non-hydrogen) atoms. The molecular formula is C17H23N3O. The summed E-state index contributed by atoms with van der Waals surface area (Å²) in [6.45, 7) is 9.78. The molecule has 1 aromatic heterocycles. The Morgan fingerprint density at radius 2 is 1.76 bits per heavy atom. The van der Waals surface area contributed by atoms with Crippen LogP contribution in [-0.2, 0) is 6.54 Å². The molecule has 4 nitrogen and oxygen atoms in total. The van der Waals surface area contributed by atoms with E-state index in [9.17, 15) is 0 Å². The highest BCUT2D eigenvalue weighted by Gasteiger charge is 2.10. The Bertz CT molecular complexity index is 573. The first-order valence-corrected chi connectivity index (χ1v) is 7.28. The molecule has 2 rings (SSSR count). The average Bonchev–Trinajstić information content (AvgIpc) is 2.46. The summed E-state index contributed by atoms with van der Waals surface area (Å²) in [5, 5.41) is 3.42. The topological polar surface area (TPSA) is 47.0 Å². The number of hydrogen-bond acceptors (Lipinski definition) is 4. The van der Waals surface area contributed by atoms with Crippen LogP contribution in [0.25, 0.3) is 11.4 Å². The molecule has 0 fully saturated rings. The van der Waals surface area contributed by atoms with Crippen LogP contribution in [0, 0.1) is 0 Å². The van der Waals surface area contributed by atoms with Crippen molar-refractivity contribution in [1.82, 2.24) is 15.3 Å². The lowest BCUT2D eigenvalue weighted by Crippen LogP contribution is -2.35. The van der Waals surface area contributed by atoms with Gasteiger partial charge in [-0.2, -0.15) is 0 Å². The van der Waals surface area contributed by atoms with Gasteiger partial charge in [0, 0.05) is 30.0 Å². The Morgan fingerprint density at radius 3 is 2.38 bits per heavy atom. The molecule has 0 unspecified atom stereocenters. The van der Waals surface area contributed by atoms with Crippen LogP contribution in [0.4, 0.5) is 0 Å². The number of ether oxygens (including phenoxy) is 1. The molecule has 0 saturated carbocycles. The number of hydrogen-bond donors (Lipinski definition) is 1. The normalized spacial score (nSPS) is 11.4. The number of rotatable bonds is 5. The van der Waals surface area contributed by atoms with Crippen molar-refractivity contribution in [1.29, 1.82) is 0 Å². The van der Waals surface area contributed by atoms with E-state index in [1.54, 1.807) is 0 Å². The molecule has 0 saturated heterocycles. The van der Waals surface area contributed by atoms with Crippen LogP contribution in [0.1, 0.15) is 33.3 Å². The summed E-state index contributed by atoms with van der Waals surface area (Å²) < 4.78 is 5.62. The summed E-state index contributed by atoms with van der Waals surface area (Å²) in [7, 11) is 0. The van der Waals surface area contributed by atoms with Gasteiger partial charge in [-0.15, -0.1) is 0 Å². The third-order valence-corrected chi connectivity index (χ3v) is 2.96. The van der Waals surface area contributed by atoms with Crippen molar-refractivity contribution in [3.8, 4) is 17.1 Å². The monoisotopic (exact) mass is 285 g/mol. The Hall–Kier alpha value is -1.94. The van der Waals surface area contributed by atoms with E-state index in [1.165, 1.54) is 0 Å². The molecule has 0 aliphatic heterocycles. The minimum Gasteiger partial charge on any atom is -0.493 e. The average molecular weight is 285 g/mol. The van der Waals surface area contributed by atoms with Crippen LogP contribution in [-0.4, -0.2) is 22.1 Å². The van der Waals surface area contributed by atoms with E-state index >= 15 is 0 Å². The molecule has 4 heteroatoms. The van der Waals surface area contributed by atoms with Crippen molar-refractivity contribution in [3.05, 3.63) is 42.2 Å². The van der Waals surface area contributed by atoms with Crippen molar-refractivity contribution in [2.45, 2.75) is 39.8 Å². The number of aromatic nitrogens is 2. The van der Waals surface area contributed by atoms with Gasteiger partial charge in [-0.25, -0.2) is 9.97 Å². The minimum absolute atomic E-state index is 0.0836. The zero-order valence-electron chi connectivity index (χ0n) is 13.2. The molecule has 1 heterocycles. The van der Waals surface area contributed by atoms with E-state index in [-0.39, 0.29) is 5.54 Å².